The van der Waals surface area contributed by atoms with Crippen LogP contribution >= 0.6 is 11.6 Å². The van der Waals surface area contributed by atoms with E-state index in [1.165, 1.54) is 0 Å². The second-order valence-electron chi connectivity index (χ2n) is 5.77. The van der Waals surface area contributed by atoms with Crippen molar-refractivity contribution in [3.8, 4) is 6.07 Å². The molecule has 1 aromatic rings. The van der Waals surface area contributed by atoms with E-state index in [-0.39, 0.29) is 17.4 Å². The molecule has 106 valence electrons. The van der Waals surface area contributed by atoms with Crippen molar-refractivity contribution in [3.63, 3.8) is 0 Å². The standard InChI is InChI=1S/C15H18ClN3O/c1-15(2)6-3-7-18-13(15)14(20)19-11-5-4-10(9-17)12(16)8-11/h4-5,8,13,18H,3,6-7H2,1-2H3,(H,19,20). The fourth-order valence-electron chi connectivity index (χ4n) is 2.56. The zero-order valence-corrected chi connectivity index (χ0v) is 12.4. The van der Waals surface area contributed by atoms with Crippen molar-refractivity contribution >= 4 is 23.2 Å². The van der Waals surface area contributed by atoms with Crippen molar-refractivity contribution < 1.29 is 4.79 Å². The minimum Gasteiger partial charge on any atom is -0.325 e. The van der Waals surface area contributed by atoms with Crippen LogP contribution in [-0.4, -0.2) is 18.5 Å². The Kier molecular flexibility index (Phi) is 4.32. The summed E-state index contributed by atoms with van der Waals surface area (Å²) in [6.07, 6.45) is 2.10. The number of carbonyl (C=O) groups is 1. The van der Waals surface area contributed by atoms with E-state index < -0.39 is 0 Å². The van der Waals surface area contributed by atoms with Crippen molar-refractivity contribution in [1.29, 1.82) is 5.26 Å². The maximum atomic E-state index is 12.4. The minimum atomic E-state index is -0.217. The summed E-state index contributed by atoms with van der Waals surface area (Å²) < 4.78 is 0. The van der Waals surface area contributed by atoms with Gasteiger partial charge in [-0.1, -0.05) is 25.4 Å². The highest BCUT2D eigenvalue weighted by molar-refractivity contribution is 6.32. The van der Waals surface area contributed by atoms with Crippen LogP contribution in [0, 0.1) is 16.7 Å². The second-order valence-corrected chi connectivity index (χ2v) is 6.18. The number of rotatable bonds is 2. The van der Waals surface area contributed by atoms with Crippen LogP contribution in [0.4, 0.5) is 5.69 Å². The summed E-state index contributed by atoms with van der Waals surface area (Å²) in [6.45, 7) is 5.04. The Morgan fingerprint density at radius 2 is 2.30 bits per heavy atom. The Morgan fingerprint density at radius 1 is 1.55 bits per heavy atom. The van der Waals surface area contributed by atoms with Crippen molar-refractivity contribution in [3.05, 3.63) is 28.8 Å². The molecule has 1 fully saturated rings. The molecule has 1 aromatic carbocycles. The first kappa shape index (κ1) is 14.8. The van der Waals surface area contributed by atoms with E-state index in [0.29, 0.717) is 16.3 Å². The first-order valence-electron chi connectivity index (χ1n) is 6.68. The van der Waals surface area contributed by atoms with Crippen LogP contribution in [0.5, 0.6) is 0 Å². The Balaban J connectivity index is 2.12. The molecule has 0 bridgehead atoms. The van der Waals surface area contributed by atoms with E-state index in [1.54, 1.807) is 18.2 Å². The van der Waals surface area contributed by atoms with E-state index in [4.69, 9.17) is 16.9 Å². The Bertz CT molecular complexity index is 563. The molecule has 0 aromatic heterocycles. The predicted octanol–water partition coefficient (Wildman–Crippen LogP) is 2.93. The van der Waals surface area contributed by atoms with Gasteiger partial charge >= 0.3 is 0 Å². The summed E-state index contributed by atoms with van der Waals surface area (Å²) in [5, 5.41) is 15.3. The Hall–Kier alpha value is -1.57. The summed E-state index contributed by atoms with van der Waals surface area (Å²) in [5.41, 5.74) is 0.946. The van der Waals surface area contributed by atoms with Gasteiger partial charge in [-0.15, -0.1) is 0 Å². The van der Waals surface area contributed by atoms with Gasteiger partial charge in [0.05, 0.1) is 16.6 Å². The second kappa shape index (κ2) is 5.82. The molecule has 0 spiro atoms. The molecule has 4 nitrogen and oxygen atoms in total. The lowest BCUT2D eigenvalue weighted by Crippen LogP contribution is -2.53. The van der Waals surface area contributed by atoms with Crippen LogP contribution in [-0.2, 0) is 4.79 Å². The summed E-state index contributed by atoms with van der Waals surface area (Å²) in [6, 6.07) is 6.68. The highest BCUT2D eigenvalue weighted by atomic mass is 35.5. The van der Waals surface area contributed by atoms with Crippen LogP contribution < -0.4 is 10.6 Å². The number of halogens is 1. The maximum Gasteiger partial charge on any atom is 0.242 e. The largest absolute Gasteiger partial charge is 0.325 e. The molecule has 1 unspecified atom stereocenters. The third kappa shape index (κ3) is 3.12. The predicted molar refractivity (Wildman–Crippen MR) is 79.6 cm³/mol. The van der Waals surface area contributed by atoms with Gasteiger partial charge in [-0.2, -0.15) is 5.26 Å². The molecular formula is C15H18ClN3O. The third-order valence-corrected chi connectivity index (χ3v) is 4.06. The van der Waals surface area contributed by atoms with Gasteiger partial charge in [-0.05, 0) is 43.0 Å². The Labute approximate surface area is 124 Å². The van der Waals surface area contributed by atoms with Crippen molar-refractivity contribution in [2.45, 2.75) is 32.7 Å². The molecule has 1 saturated heterocycles. The van der Waals surface area contributed by atoms with E-state index in [0.717, 1.165) is 19.4 Å². The quantitative estimate of drug-likeness (QED) is 0.880. The molecule has 1 heterocycles. The summed E-state index contributed by atoms with van der Waals surface area (Å²) >= 11 is 5.97. The first-order valence-corrected chi connectivity index (χ1v) is 7.06. The van der Waals surface area contributed by atoms with Crippen LogP contribution in [0.3, 0.4) is 0 Å². The zero-order valence-electron chi connectivity index (χ0n) is 11.7. The number of benzene rings is 1. The summed E-state index contributed by atoms with van der Waals surface area (Å²) in [5.74, 6) is -0.0597. The lowest BCUT2D eigenvalue weighted by atomic mass is 9.77. The maximum absolute atomic E-state index is 12.4. The van der Waals surface area contributed by atoms with Crippen LogP contribution in [0.15, 0.2) is 18.2 Å². The minimum absolute atomic E-state index is 0.0597. The highest BCUT2D eigenvalue weighted by Crippen LogP contribution is 2.31. The topological polar surface area (TPSA) is 64.9 Å². The average molecular weight is 292 g/mol. The van der Waals surface area contributed by atoms with E-state index in [9.17, 15) is 4.79 Å². The number of carbonyl (C=O) groups excluding carboxylic acids is 1. The lowest BCUT2D eigenvalue weighted by Gasteiger charge is -2.38. The molecule has 1 aliphatic rings. The fourth-order valence-corrected chi connectivity index (χ4v) is 2.78. The van der Waals surface area contributed by atoms with Gasteiger partial charge in [-0.25, -0.2) is 0 Å². The van der Waals surface area contributed by atoms with Gasteiger partial charge in [0.25, 0.3) is 0 Å². The van der Waals surface area contributed by atoms with Gasteiger partial charge < -0.3 is 10.6 Å². The lowest BCUT2D eigenvalue weighted by molar-refractivity contribution is -0.121. The van der Waals surface area contributed by atoms with E-state index >= 15 is 0 Å². The normalized spacial score (nSPS) is 21.0. The molecule has 20 heavy (non-hydrogen) atoms. The van der Waals surface area contributed by atoms with Gasteiger partial charge in [0.15, 0.2) is 0 Å². The number of nitrogens with one attached hydrogen (secondary N) is 2. The molecule has 5 heteroatoms. The van der Waals surface area contributed by atoms with Crippen LogP contribution in [0.2, 0.25) is 5.02 Å². The van der Waals surface area contributed by atoms with Crippen LogP contribution in [0.1, 0.15) is 32.3 Å². The Morgan fingerprint density at radius 3 is 2.90 bits per heavy atom. The molecule has 0 aliphatic carbocycles. The van der Waals surface area contributed by atoms with Crippen molar-refractivity contribution in [1.82, 2.24) is 5.32 Å². The summed E-state index contributed by atoms with van der Waals surface area (Å²) in [4.78, 5) is 12.4. The SMILES string of the molecule is CC1(C)CCCNC1C(=O)Nc1ccc(C#N)c(Cl)c1. The molecule has 2 N–H and O–H groups in total. The molecule has 0 saturated carbocycles. The molecule has 1 atom stereocenters. The van der Waals surface area contributed by atoms with Crippen molar-refractivity contribution in [2.24, 2.45) is 5.41 Å². The van der Waals surface area contributed by atoms with Crippen LogP contribution in [0.25, 0.3) is 0 Å². The number of hydrogen-bond acceptors (Lipinski definition) is 3. The van der Waals surface area contributed by atoms with E-state index in [1.807, 2.05) is 6.07 Å². The van der Waals surface area contributed by atoms with Gasteiger partial charge in [0.1, 0.15) is 6.07 Å². The monoisotopic (exact) mass is 291 g/mol. The van der Waals surface area contributed by atoms with Crippen molar-refractivity contribution in [2.75, 3.05) is 11.9 Å². The molecule has 2 rings (SSSR count). The molecular weight excluding hydrogens is 274 g/mol. The number of piperidine rings is 1. The zero-order chi connectivity index (χ0) is 14.8. The third-order valence-electron chi connectivity index (χ3n) is 3.75. The first-order chi connectivity index (χ1) is 9.44. The highest BCUT2D eigenvalue weighted by Gasteiger charge is 2.37. The average Bonchev–Trinajstić information content (AvgIpc) is 2.38. The fraction of sp³-hybridized carbons (Fsp3) is 0.467. The number of nitrogens with zero attached hydrogens (tertiary/aromatic N) is 1. The number of hydrogen-bond donors (Lipinski definition) is 2. The molecule has 1 amide bonds. The van der Waals surface area contributed by atoms with Gasteiger partial charge in [0.2, 0.25) is 5.91 Å². The van der Waals surface area contributed by atoms with Gasteiger partial charge in [-0.3, -0.25) is 4.79 Å². The molecule has 0 radical (unpaired) electrons. The molecule has 1 aliphatic heterocycles. The number of anilines is 1. The number of amides is 1. The number of nitriles is 1. The van der Waals surface area contributed by atoms with Gasteiger partial charge in [0, 0.05) is 5.69 Å². The summed E-state index contributed by atoms with van der Waals surface area (Å²) in [7, 11) is 0. The smallest absolute Gasteiger partial charge is 0.242 e. The van der Waals surface area contributed by atoms with E-state index in [2.05, 4.69) is 24.5 Å².